The molecule has 5 nitrogen and oxygen atoms in total. The minimum absolute atomic E-state index is 0.0898. The van der Waals surface area contributed by atoms with E-state index >= 15 is 0 Å². The first-order chi connectivity index (χ1) is 34.6. The second kappa shape index (κ2) is 61.7. The number of hydrogen-bond acceptors (Lipinski definition) is 5. The Hall–Kier alpha value is -1.62. The summed E-state index contributed by atoms with van der Waals surface area (Å²) >= 11 is 0. The lowest BCUT2D eigenvalue weighted by molar-refractivity contribution is -0.163. The summed E-state index contributed by atoms with van der Waals surface area (Å²) in [6.07, 6.45) is 75.0. The SMILES string of the molecule is CCCCC/C=C\C/C=C\CCCCCCCCCC(=O)OC[C@@H](COCCCCCCCCCCCCCCCCCC)OC(=O)CCCCCCCCCCCCCCCCCCCCCCC. The summed E-state index contributed by atoms with van der Waals surface area (Å²) in [4.78, 5) is 25.6. The van der Waals surface area contributed by atoms with Crippen LogP contribution in [0.25, 0.3) is 0 Å². The third kappa shape index (κ3) is 58.9. The van der Waals surface area contributed by atoms with E-state index in [1.807, 2.05) is 0 Å². The highest BCUT2D eigenvalue weighted by atomic mass is 16.6. The van der Waals surface area contributed by atoms with E-state index in [0.29, 0.717) is 26.1 Å². The molecule has 5 heteroatoms. The first-order valence-corrected chi connectivity index (χ1v) is 31.9. The molecule has 0 unspecified atom stereocenters. The highest BCUT2D eigenvalue weighted by molar-refractivity contribution is 5.70. The molecule has 0 bridgehead atoms. The Morgan fingerprint density at radius 1 is 0.314 bits per heavy atom. The first kappa shape index (κ1) is 68.4. The molecule has 0 spiro atoms. The molecule has 0 saturated heterocycles. The topological polar surface area (TPSA) is 61.8 Å². The molecule has 0 saturated carbocycles. The summed E-state index contributed by atoms with van der Waals surface area (Å²) in [6.45, 7) is 7.89. The number of carbonyl (C=O) groups excluding carboxylic acids is 2. The van der Waals surface area contributed by atoms with Crippen LogP contribution in [0.2, 0.25) is 0 Å². The summed E-state index contributed by atoms with van der Waals surface area (Å²) in [5, 5.41) is 0. The molecular weight excluding hydrogens is 861 g/mol. The highest BCUT2D eigenvalue weighted by Gasteiger charge is 2.18. The van der Waals surface area contributed by atoms with Crippen LogP contribution in [0.1, 0.15) is 355 Å². The molecule has 0 aromatic heterocycles. The maximum absolute atomic E-state index is 12.9. The molecule has 1 atom stereocenters. The fraction of sp³-hybridized carbons (Fsp3) is 0.908. The van der Waals surface area contributed by atoms with Gasteiger partial charge in [-0.2, -0.15) is 0 Å². The minimum atomic E-state index is -0.533. The van der Waals surface area contributed by atoms with E-state index in [1.165, 1.54) is 283 Å². The number of hydrogen-bond donors (Lipinski definition) is 0. The summed E-state index contributed by atoms with van der Waals surface area (Å²) in [7, 11) is 0. The first-order valence-electron chi connectivity index (χ1n) is 31.9. The zero-order chi connectivity index (χ0) is 50.6. The third-order valence-electron chi connectivity index (χ3n) is 14.5. The standard InChI is InChI=1S/C65H124O5/c1-4-7-10-13-16-19-22-25-28-31-32-33-34-36-38-41-44-47-50-53-56-59-65(67)70-63(61-68-60-57-54-51-48-45-42-39-30-27-24-21-18-15-12-9-6-3)62-69-64(66)58-55-52-49-46-43-40-37-35-29-26-23-20-17-14-11-8-5-2/h17,20,26,29,63H,4-16,18-19,21-25,27-28,30-62H2,1-3H3/b20-17-,29-26-/t63-/m1/s1. The van der Waals surface area contributed by atoms with Crippen LogP contribution in [0.15, 0.2) is 24.3 Å². The van der Waals surface area contributed by atoms with E-state index in [4.69, 9.17) is 14.2 Å². The van der Waals surface area contributed by atoms with Crippen LogP contribution in [0, 0.1) is 0 Å². The van der Waals surface area contributed by atoms with Crippen molar-refractivity contribution in [2.75, 3.05) is 19.8 Å². The molecule has 0 amide bonds. The van der Waals surface area contributed by atoms with Crippen molar-refractivity contribution in [3.8, 4) is 0 Å². The Bertz CT molecular complexity index is 1070. The van der Waals surface area contributed by atoms with Gasteiger partial charge in [0.2, 0.25) is 0 Å². The van der Waals surface area contributed by atoms with Gasteiger partial charge >= 0.3 is 11.9 Å². The average molecular weight is 986 g/mol. The van der Waals surface area contributed by atoms with E-state index < -0.39 is 6.10 Å². The molecular formula is C65H124O5. The van der Waals surface area contributed by atoms with Crippen molar-refractivity contribution in [1.29, 1.82) is 0 Å². The maximum Gasteiger partial charge on any atom is 0.306 e. The Morgan fingerprint density at radius 3 is 0.971 bits per heavy atom. The molecule has 0 heterocycles. The monoisotopic (exact) mass is 985 g/mol. The number of ether oxygens (including phenoxy) is 3. The minimum Gasteiger partial charge on any atom is -0.462 e. The molecule has 0 aromatic rings. The average Bonchev–Trinajstić information content (AvgIpc) is 3.36. The largest absolute Gasteiger partial charge is 0.462 e. The van der Waals surface area contributed by atoms with Crippen molar-refractivity contribution in [2.24, 2.45) is 0 Å². The van der Waals surface area contributed by atoms with Gasteiger partial charge in [0.25, 0.3) is 0 Å². The van der Waals surface area contributed by atoms with Crippen LogP contribution in [0.4, 0.5) is 0 Å². The molecule has 0 rings (SSSR count). The molecule has 0 fully saturated rings. The molecule has 0 aliphatic heterocycles. The van der Waals surface area contributed by atoms with Gasteiger partial charge in [-0.05, 0) is 51.4 Å². The van der Waals surface area contributed by atoms with Gasteiger partial charge in [-0.25, -0.2) is 0 Å². The summed E-state index contributed by atoms with van der Waals surface area (Å²) in [5.74, 6) is -0.378. The Kier molecular flexibility index (Phi) is 60.3. The molecule has 0 radical (unpaired) electrons. The van der Waals surface area contributed by atoms with E-state index in [9.17, 15) is 9.59 Å². The molecule has 0 aliphatic rings. The van der Waals surface area contributed by atoms with Crippen molar-refractivity contribution >= 4 is 11.9 Å². The van der Waals surface area contributed by atoms with Gasteiger partial charge in [0, 0.05) is 19.4 Å². The van der Waals surface area contributed by atoms with Gasteiger partial charge in [0.15, 0.2) is 6.10 Å². The zero-order valence-electron chi connectivity index (χ0n) is 47.8. The quantitative estimate of drug-likeness (QED) is 0.0345. The van der Waals surface area contributed by atoms with Crippen LogP contribution in [-0.4, -0.2) is 37.9 Å². The summed E-state index contributed by atoms with van der Waals surface area (Å²) in [5.41, 5.74) is 0. The van der Waals surface area contributed by atoms with Crippen LogP contribution < -0.4 is 0 Å². The van der Waals surface area contributed by atoms with E-state index in [-0.39, 0.29) is 18.5 Å². The van der Waals surface area contributed by atoms with Crippen LogP contribution in [-0.2, 0) is 23.8 Å². The van der Waals surface area contributed by atoms with Gasteiger partial charge in [0.05, 0.1) is 6.61 Å². The number of carbonyl (C=O) groups is 2. The predicted octanol–water partition coefficient (Wildman–Crippen LogP) is 21.9. The Labute approximate surface area is 438 Å². The number of unbranched alkanes of at least 4 members (excludes halogenated alkanes) is 45. The fourth-order valence-electron chi connectivity index (χ4n) is 9.72. The molecule has 0 aromatic carbocycles. The van der Waals surface area contributed by atoms with E-state index in [2.05, 4.69) is 45.1 Å². The van der Waals surface area contributed by atoms with Gasteiger partial charge in [-0.1, -0.05) is 315 Å². The normalized spacial score (nSPS) is 12.2. The number of allylic oxidation sites excluding steroid dienone is 4. The molecule has 0 aliphatic carbocycles. The lowest BCUT2D eigenvalue weighted by atomic mass is 10.0. The lowest BCUT2D eigenvalue weighted by Gasteiger charge is -2.18. The maximum atomic E-state index is 12.9. The third-order valence-corrected chi connectivity index (χ3v) is 14.5. The van der Waals surface area contributed by atoms with E-state index in [0.717, 1.165) is 38.5 Å². The van der Waals surface area contributed by atoms with Crippen molar-refractivity contribution in [2.45, 2.75) is 361 Å². The van der Waals surface area contributed by atoms with Crippen molar-refractivity contribution < 1.29 is 23.8 Å². The van der Waals surface area contributed by atoms with Gasteiger partial charge < -0.3 is 14.2 Å². The molecule has 414 valence electrons. The number of esters is 2. The molecule has 0 N–H and O–H groups in total. The van der Waals surface area contributed by atoms with Gasteiger partial charge in [-0.15, -0.1) is 0 Å². The van der Waals surface area contributed by atoms with Crippen LogP contribution in [0.5, 0.6) is 0 Å². The van der Waals surface area contributed by atoms with Gasteiger partial charge in [0.1, 0.15) is 6.61 Å². The van der Waals surface area contributed by atoms with Crippen molar-refractivity contribution in [1.82, 2.24) is 0 Å². The zero-order valence-corrected chi connectivity index (χ0v) is 47.8. The smallest absolute Gasteiger partial charge is 0.306 e. The molecule has 70 heavy (non-hydrogen) atoms. The highest BCUT2D eigenvalue weighted by Crippen LogP contribution is 2.18. The van der Waals surface area contributed by atoms with Gasteiger partial charge in [-0.3, -0.25) is 9.59 Å². The lowest BCUT2D eigenvalue weighted by Crippen LogP contribution is -2.30. The predicted molar refractivity (Wildman–Crippen MR) is 307 cm³/mol. The summed E-state index contributed by atoms with van der Waals surface area (Å²) < 4.78 is 17.6. The Balaban J connectivity index is 4.20. The van der Waals surface area contributed by atoms with E-state index in [1.54, 1.807) is 0 Å². The van der Waals surface area contributed by atoms with Crippen LogP contribution >= 0.6 is 0 Å². The number of rotatable bonds is 60. The Morgan fingerprint density at radius 2 is 0.600 bits per heavy atom. The van der Waals surface area contributed by atoms with Crippen molar-refractivity contribution in [3.63, 3.8) is 0 Å². The second-order valence-corrected chi connectivity index (χ2v) is 21.7. The second-order valence-electron chi connectivity index (χ2n) is 21.7. The summed E-state index contributed by atoms with van der Waals surface area (Å²) in [6, 6.07) is 0. The van der Waals surface area contributed by atoms with Crippen molar-refractivity contribution in [3.05, 3.63) is 24.3 Å². The fourth-order valence-corrected chi connectivity index (χ4v) is 9.72. The van der Waals surface area contributed by atoms with Crippen LogP contribution in [0.3, 0.4) is 0 Å².